The highest BCUT2D eigenvalue weighted by molar-refractivity contribution is 6.04. The van der Waals surface area contributed by atoms with E-state index in [0.717, 1.165) is 5.75 Å². The summed E-state index contributed by atoms with van der Waals surface area (Å²) >= 11 is 0. The number of hydrogen-bond donors (Lipinski definition) is 0. The molecule has 2 aromatic rings. The van der Waals surface area contributed by atoms with Crippen molar-refractivity contribution in [2.24, 2.45) is 0 Å². The number of aryl methyl sites for hydroxylation is 1. The van der Waals surface area contributed by atoms with Crippen molar-refractivity contribution in [3.63, 3.8) is 0 Å². The zero-order valence-electron chi connectivity index (χ0n) is 11.1. The summed E-state index contributed by atoms with van der Waals surface area (Å²) < 4.78 is 5.60. The van der Waals surface area contributed by atoms with Crippen LogP contribution in [0.25, 0.3) is 0 Å². The van der Waals surface area contributed by atoms with Gasteiger partial charge >= 0.3 is 0 Å². The topological polar surface area (TPSA) is 26.3 Å². The van der Waals surface area contributed by atoms with E-state index in [1.54, 1.807) is 19.1 Å². The van der Waals surface area contributed by atoms with Crippen LogP contribution in [0.5, 0.6) is 5.75 Å². The molecule has 0 saturated heterocycles. The second-order valence-corrected chi connectivity index (χ2v) is 4.40. The molecule has 0 aliphatic heterocycles. The highest BCUT2D eigenvalue weighted by Crippen LogP contribution is 2.15. The van der Waals surface area contributed by atoms with Crippen molar-refractivity contribution in [3.05, 3.63) is 77.6 Å². The smallest absolute Gasteiger partial charge is 0.189 e. The zero-order chi connectivity index (χ0) is 13.7. The highest BCUT2D eigenvalue weighted by atomic mass is 16.5. The van der Waals surface area contributed by atoms with Gasteiger partial charge in [-0.2, -0.15) is 0 Å². The number of rotatable bonds is 4. The first-order valence-electron chi connectivity index (χ1n) is 6.17. The van der Waals surface area contributed by atoms with Gasteiger partial charge in [-0.1, -0.05) is 48.0 Å². The van der Waals surface area contributed by atoms with Crippen molar-refractivity contribution in [2.75, 3.05) is 0 Å². The van der Waals surface area contributed by atoms with Crippen LogP contribution in [0.4, 0.5) is 0 Å². The molecule has 0 spiro atoms. The number of benzene rings is 2. The van der Waals surface area contributed by atoms with Gasteiger partial charge in [-0.3, -0.25) is 4.79 Å². The van der Waals surface area contributed by atoms with Gasteiger partial charge in [0.25, 0.3) is 0 Å². The Morgan fingerprint density at radius 1 is 1.00 bits per heavy atom. The molecule has 0 radical (unpaired) electrons. The van der Waals surface area contributed by atoms with Crippen molar-refractivity contribution in [1.29, 1.82) is 0 Å². The quantitative estimate of drug-likeness (QED) is 0.464. The predicted molar refractivity (Wildman–Crippen MR) is 76.3 cm³/mol. The van der Waals surface area contributed by atoms with Gasteiger partial charge < -0.3 is 4.74 Å². The van der Waals surface area contributed by atoms with Crippen LogP contribution in [0.3, 0.4) is 0 Å². The highest BCUT2D eigenvalue weighted by Gasteiger charge is 2.03. The van der Waals surface area contributed by atoms with E-state index in [1.165, 1.54) is 11.6 Å². The lowest BCUT2D eigenvalue weighted by molar-refractivity contribution is 0.104. The molecule has 2 heteroatoms. The Hall–Kier alpha value is -2.35. The molecule has 0 aliphatic rings. The van der Waals surface area contributed by atoms with Crippen LogP contribution in [0, 0.1) is 6.92 Å². The lowest BCUT2D eigenvalue weighted by atomic mass is 10.1. The summed E-state index contributed by atoms with van der Waals surface area (Å²) in [7, 11) is 0. The Labute approximate surface area is 113 Å². The van der Waals surface area contributed by atoms with Gasteiger partial charge in [-0.25, -0.2) is 0 Å². The van der Waals surface area contributed by atoms with Gasteiger partial charge in [-0.05, 0) is 26.0 Å². The molecule has 0 amide bonds. The summed E-state index contributed by atoms with van der Waals surface area (Å²) in [4.78, 5) is 11.9. The van der Waals surface area contributed by atoms with Crippen LogP contribution in [0.1, 0.15) is 22.8 Å². The van der Waals surface area contributed by atoms with Gasteiger partial charge in [0, 0.05) is 11.6 Å². The molecule has 0 heterocycles. The van der Waals surface area contributed by atoms with Gasteiger partial charge in [0.1, 0.15) is 11.5 Å². The predicted octanol–water partition coefficient (Wildman–Crippen LogP) is 4.16. The normalized spacial score (nSPS) is 11.2. The minimum atomic E-state index is -0.0507. The van der Waals surface area contributed by atoms with E-state index in [9.17, 15) is 4.79 Å². The molecule has 19 heavy (non-hydrogen) atoms. The molecule has 0 fully saturated rings. The lowest BCUT2D eigenvalue weighted by Gasteiger charge is -2.05. The number of ketones is 1. The van der Waals surface area contributed by atoms with Crippen LogP contribution in [-0.4, -0.2) is 5.78 Å². The third-order valence-corrected chi connectivity index (χ3v) is 2.69. The van der Waals surface area contributed by atoms with Gasteiger partial charge in [0.05, 0.1) is 0 Å². The molecule has 0 N–H and O–H groups in total. The monoisotopic (exact) mass is 252 g/mol. The van der Waals surface area contributed by atoms with Crippen LogP contribution in [0.15, 0.2) is 66.4 Å². The number of hydrogen-bond acceptors (Lipinski definition) is 2. The molecule has 2 rings (SSSR count). The van der Waals surface area contributed by atoms with Crippen molar-refractivity contribution < 1.29 is 9.53 Å². The fourth-order valence-corrected chi connectivity index (χ4v) is 1.69. The number of carbonyl (C=O) groups is 1. The van der Waals surface area contributed by atoms with E-state index in [-0.39, 0.29) is 5.78 Å². The van der Waals surface area contributed by atoms with Crippen LogP contribution >= 0.6 is 0 Å². The van der Waals surface area contributed by atoms with E-state index in [4.69, 9.17) is 4.74 Å². The molecule has 0 aliphatic carbocycles. The minimum Gasteiger partial charge on any atom is -0.462 e. The Morgan fingerprint density at radius 2 is 1.63 bits per heavy atom. The molecular formula is C17H16O2. The van der Waals surface area contributed by atoms with E-state index >= 15 is 0 Å². The van der Waals surface area contributed by atoms with E-state index in [0.29, 0.717) is 11.3 Å². The van der Waals surface area contributed by atoms with Crippen molar-refractivity contribution >= 4 is 5.78 Å². The first-order valence-corrected chi connectivity index (χ1v) is 6.17. The molecule has 2 aromatic carbocycles. The van der Waals surface area contributed by atoms with Crippen LogP contribution in [-0.2, 0) is 0 Å². The maximum Gasteiger partial charge on any atom is 0.189 e. The Kier molecular flexibility index (Phi) is 4.14. The summed E-state index contributed by atoms with van der Waals surface area (Å²) in [5.74, 6) is 1.27. The summed E-state index contributed by atoms with van der Waals surface area (Å²) in [6, 6.07) is 16.9. The number of ether oxygens (including phenoxy) is 1. The van der Waals surface area contributed by atoms with E-state index < -0.39 is 0 Å². The minimum absolute atomic E-state index is 0.0507. The summed E-state index contributed by atoms with van der Waals surface area (Å²) in [6.07, 6.45) is 1.51. The largest absolute Gasteiger partial charge is 0.462 e. The van der Waals surface area contributed by atoms with Crippen molar-refractivity contribution in [1.82, 2.24) is 0 Å². The summed E-state index contributed by atoms with van der Waals surface area (Å²) in [6.45, 7) is 3.80. The molecule has 96 valence electrons. The fraction of sp³-hybridized carbons (Fsp3) is 0.118. The van der Waals surface area contributed by atoms with Crippen molar-refractivity contribution in [3.8, 4) is 5.75 Å². The van der Waals surface area contributed by atoms with Gasteiger partial charge in [-0.15, -0.1) is 0 Å². The van der Waals surface area contributed by atoms with Gasteiger partial charge in [0.15, 0.2) is 5.78 Å². The van der Waals surface area contributed by atoms with Crippen LogP contribution in [0.2, 0.25) is 0 Å². The second kappa shape index (κ2) is 6.01. The average Bonchev–Trinajstić information content (AvgIpc) is 2.42. The number of allylic oxidation sites excluding steroid dienone is 2. The molecule has 0 aromatic heterocycles. The summed E-state index contributed by atoms with van der Waals surface area (Å²) in [5, 5.41) is 0. The SMILES string of the molecule is C/C(=C/C(=O)c1ccccc1)Oc1ccc(C)cc1. The molecule has 0 atom stereocenters. The lowest BCUT2D eigenvalue weighted by Crippen LogP contribution is -1.99. The first kappa shape index (κ1) is 13.1. The maximum absolute atomic E-state index is 11.9. The Morgan fingerprint density at radius 3 is 2.26 bits per heavy atom. The summed E-state index contributed by atoms with van der Waals surface area (Å²) in [5.41, 5.74) is 1.84. The molecule has 0 saturated carbocycles. The molecule has 2 nitrogen and oxygen atoms in total. The second-order valence-electron chi connectivity index (χ2n) is 4.40. The van der Waals surface area contributed by atoms with E-state index in [2.05, 4.69) is 0 Å². The van der Waals surface area contributed by atoms with Crippen molar-refractivity contribution in [2.45, 2.75) is 13.8 Å². The maximum atomic E-state index is 11.9. The number of carbonyl (C=O) groups excluding carboxylic acids is 1. The zero-order valence-corrected chi connectivity index (χ0v) is 11.1. The van der Waals surface area contributed by atoms with Gasteiger partial charge in [0.2, 0.25) is 0 Å². The molecule has 0 bridgehead atoms. The standard InChI is InChI=1S/C17H16O2/c1-13-8-10-16(11-9-13)19-14(2)12-17(18)15-6-4-3-5-7-15/h3-12H,1-2H3/b14-12-. The molecule has 0 unspecified atom stereocenters. The first-order chi connectivity index (χ1) is 9.15. The third-order valence-electron chi connectivity index (χ3n) is 2.69. The Bertz CT molecular complexity index is 580. The van der Waals surface area contributed by atoms with Crippen LogP contribution < -0.4 is 4.74 Å². The van der Waals surface area contributed by atoms with E-state index in [1.807, 2.05) is 49.4 Å². The fourth-order valence-electron chi connectivity index (χ4n) is 1.69. The third kappa shape index (κ3) is 3.81. The molecular weight excluding hydrogens is 236 g/mol. The average molecular weight is 252 g/mol. The Balaban J connectivity index is 2.07.